The molecule has 33 heavy (non-hydrogen) atoms. The molecule has 0 saturated carbocycles. The highest BCUT2D eigenvalue weighted by Gasteiger charge is 2.27. The highest BCUT2D eigenvalue weighted by Crippen LogP contribution is 2.33. The molecule has 3 aromatic heterocycles. The van der Waals surface area contributed by atoms with Crippen LogP contribution in [0.2, 0.25) is 0 Å². The Labute approximate surface area is 190 Å². The lowest BCUT2D eigenvalue weighted by molar-refractivity contribution is -0.122. The molecular weight excluding hydrogens is 422 g/mol. The number of aromatic nitrogens is 6. The summed E-state index contributed by atoms with van der Waals surface area (Å²) in [6, 6.07) is 5.47. The molecule has 4 aromatic rings. The third-order valence-electron chi connectivity index (χ3n) is 6.09. The number of fused-ring (bicyclic) bond motifs is 1. The molecule has 0 amide bonds. The number of H-pyrrole nitrogens is 2. The van der Waals surface area contributed by atoms with Crippen LogP contribution < -0.4 is 14.4 Å². The molecule has 1 aliphatic rings. The number of ketones is 1. The number of benzene rings is 1. The molecule has 4 heterocycles. The maximum Gasteiger partial charge on any atom is 0.225 e. The van der Waals surface area contributed by atoms with E-state index in [0.29, 0.717) is 29.4 Å². The zero-order chi connectivity index (χ0) is 22.8. The number of nitrogens with zero attached hydrogens (tertiary/aromatic N) is 5. The van der Waals surface area contributed by atoms with Gasteiger partial charge in [0, 0.05) is 55.5 Å². The van der Waals surface area contributed by atoms with Crippen molar-refractivity contribution < 1.29 is 14.3 Å². The Morgan fingerprint density at radius 2 is 1.85 bits per heavy atom. The number of nitrogens with one attached hydrogen (secondary N) is 2. The van der Waals surface area contributed by atoms with Gasteiger partial charge in [-0.25, -0.2) is 15.0 Å². The Balaban J connectivity index is 1.30. The van der Waals surface area contributed by atoms with E-state index < -0.39 is 0 Å². The highest BCUT2D eigenvalue weighted by atomic mass is 16.5. The van der Waals surface area contributed by atoms with Crippen molar-refractivity contribution in [2.24, 2.45) is 5.92 Å². The fourth-order valence-electron chi connectivity index (χ4n) is 4.29. The number of methoxy groups -OCH3 is 2. The number of rotatable bonds is 7. The van der Waals surface area contributed by atoms with Crippen molar-refractivity contribution in [2.75, 3.05) is 32.2 Å². The molecule has 1 saturated heterocycles. The maximum atomic E-state index is 13.1. The second-order valence-corrected chi connectivity index (χ2v) is 8.03. The molecule has 170 valence electrons. The largest absolute Gasteiger partial charge is 0.493 e. The van der Waals surface area contributed by atoms with E-state index in [0.717, 1.165) is 48.5 Å². The number of aromatic amines is 2. The Morgan fingerprint density at radius 3 is 2.58 bits per heavy atom. The molecule has 0 atom stereocenters. The van der Waals surface area contributed by atoms with Gasteiger partial charge in [-0.05, 0) is 18.9 Å². The van der Waals surface area contributed by atoms with Crippen molar-refractivity contribution in [1.29, 1.82) is 0 Å². The number of hydrogen-bond acceptors (Lipinski definition) is 8. The predicted octanol–water partition coefficient (Wildman–Crippen LogP) is 2.79. The van der Waals surface area contributed by atoms with Crippen LogP contribution >= 0.6 is 0 Å². The Morgan fingerprint density at radius 1 is 1.12 bits per heavy atom. The second-order valence-electron chi connectivity index (χ2n) is 8.03. The Kier molecular flexibility index (Phi) is 5.64. The van der Waals surface area contributed by atoms with E-state index in [-0.39, 0.29) is 11.7 Å². The summed E-state index contributed by atoms with van der Waals surface area (Å²) in [5.74, 6) is 2.79. The molecule has 2 N–H and O–H groups in total. The predicted molar refractivity (Wildman–Crippen MR) is 122 cm³/mol. The van der Waals surface area contributed by atoms with Crippen molar-refractivity contribution in [2.45, 2.75) is 19.3 Å². The van der Waals surface area contributed by atoms with Crippen molar-refractivity contribution in [3.05, 3.63) is 42.4 Å². The number of piperidine rings is 1. The van der Waals surface area contributed by atoms with E-state index in [1.165, 1.54) is 0 Å². The summed E-state index contributed by atoms with van der Waals surface area (Å²) in [6.45, 7) is 1.54. The van der Waals surface area contributed by atoms with Crippen molar-refractivity contribution in [3.63, 3.8) is 0 Å². The van der Waals surface area contributed by atoms with Gasteiger partial charge in [0.2, 0.25) is 5.95 Å². The first-order valence-electron chi connectivity index (χ1n) is 10.8. The van der Waals surface area contributed by atoms with Crippen LogP contribution in [-0.2, 0) is 11.2 Å². The van der Waals surface area contributed by atoms with Crippen molar-refractivity contribution >= 4 is 22.8 Å². The van der Waals surface area contributed by atoms with Crippen LogP contribution in [0.4, 0.5) is 5.95 Å². The van der Waals surface area contributed by atoms with Crippen LogP contribution in [0.5, 0.6) is 11.5 Å². The number of imidazole rings is 1. The molecule has 5 rings (SSSR count). The van der Waals surface area contributed by atoms with Gasteiger partial charge >= 0.3 is 0 Å². The van der Waals surface area contributed by atoms with Crippen LogP contribution in [0.15, 0.2) is 36.8 Å². The van der Waals surface area contributed by atoms with Gasteiger partial charge in [0.05, 0.1) is 31.4 Å². The highest BCUT2D eigenvalue weighted by molar-refractivity contribution is 5.86. The first-order chi connectivity index (χ1) is 16.2. The molecule has 10 heteroatoms. The van der Waals surface area contributed by atoms with Crippen LogP contribution in [0.1, 0.15) is 18.4 Å². The molecular formula is C23H25N7O3. The number of anilines is 1. The summed E-state index contributed by atoms with van der Waals surface area (Å²) in [4.78, 5) is 31.8. The van der Waals surface area contributed by atoms with E-state index >= 15 is 0 Å². The molecule has 0 spiro atoms. The third-order valence-corrected chi connectivity index (χ3v) is 6.09. The number of carbonyl (C=O) groups excluding carboxylic acids is 1. The quantitative estimate of drug-likeness (QED) is 0.443. The average Bonchev–Trinajstić information content (AvgIpc) is 3.49. The minimum Gasteiger partial charge on any atom is -0.493 e. The van der Waals surface area contributed by atoms with Gasteiger partial charge in [0.25, 0.3) is 0 Å². The van der Waals surface area contributed by atoms with Crippen LogP contribution in [0.3, 0.4) is 0 Å². The van der Waals surface area contributed by atoms with Crippen LogP contribution in [-0.4, -0.2) is 63.2 Å². The van der Waals surface area contributed by atoms with E-state index in [1.807, 2.05) is 12.1 Å². The first kappa shape index (κ1) is 20.9. The van der Waals surface area contributed by atoms with Crippen molar-refractivity contribution in [1.82, 2.24) is 30.1 Å². The fraction of sp³-hybridized carbons (Fsp3) is 0.348. The molecule has 0 unspecified atom stereocenters. The summed E-state index contributed by atoms with van der Waals surface area (Å²) in [5.41, 5.74) is 3.09. The normalized spacial score (nSPS) is 14.5. The maximum absolute atomic E-state index is 13.1. The summed E-state index contributed by atoms with van der Waals surface area (Å²) in [6.07, 6.45) is 7.06. The number of carbonyl (C=O) groups is 1. The van der Waals surface area contributed by atoms with E-state index in [1.54, 1.807) is 38.9 Å². The lowest BCUT2D eigenvalue weighted by Crippen LogP contribution is -2.37. The van der Waals surface area contributed by atoms with Crippen LogP contribution in [0, 0.1) is 5.92 Å². The van der Waals surface area contributed by atoms with Gasteiger partial charge in [0.15, 0.2) is 17.3 Å². The van der Waals surface area contributed by atoms with Crippen molar-refractivity contribution in [3.8, 4) is 23.0 Å². The van der Waals surface area contributed by atoms with Gasteiger partial charge < -0.3 is 19.4 Å². The molecule has 0 radical (unpaired) electrons. The molecule has 1 fully saturated rings. The molecule has 1 aliphatic heterocycles. The van der Waals surface area contributed by atoms with Gasteiger partial charge in [0.1, 0.15) is 11.5 Å². The van der Waals surface area contributed by atoms with Gasteiger partial charge in [-0.1, -0.05) is 0 Å². The number of hydrogen-bond donors (Lipinski definition) is 2. The zero-order valence-electron chi connectivity index (χ0n) is 18.5. The summed E-state index contributed by atoms with van der Waals surface area (Å²) >= 11 is 0. The first-order valence-corrected chi connectivity index (χ1v) is 10.8. The Bertz CT molecular complexity index is 1220. The number of Topliss-reactive ketones (excluding diaryl/α,β-unsaturated/α-hetero) is 1. The van der Waals surface area contributed by atoms with Gasteiger partial charge in [-0.15, -0.1) is 0 Å². The summed E-state index contributed by atoms with van der Waals surface area (Å²) in [7, 11) is 3.18. The monoisotopic (exact) mass is 447 g/mol. The topological polar surface area (TPSA) is 122 Å². The Hall–Kier alpha value is -3.95. The van der Waals surface area contributed by atoms with E-state index in [2.05, 4.69) is 35.0 Å². The molecule has 0 aliphatic carbocycles. The number of ether oxygens (including phenoxy) is 2. The SMILES string of the molecule is COc1cc2nc(-c3[nH]ncc3CC(=O)C3CCN(c4ncccn4)CC3)[nH]c2cc1OC. The average molecular weight is 447 g/mol. The second kappa shape index (κ2) is 8.89. The molecule has 1 aromatic carbocycles. The van der Waals surface area contributed by atoms with E-state index in [9.17, 15) is 4.79 Å². The minimum absolute atomic E-state index is 0.0110. The minimum atomic E-state index is 0.0110. The third kappa shape index (κ3) is 4.11. The summed E-state index contributed by atoms with van der Waals surface area (Å²) < 4.78 is 10.7. The summed E-state index contributed by atoms with van der Waals surface area (Å²) in [5, 5.41) is 7.17. The smallest absolute Gasteiger partial charge is 0.225 e. The lowest BCUT2D eigenvalue weighted by atomic mass is 9.89. The molecule has 10 nitrogen and oxygen atoms in total. The standard InChI is InChI=1S/C23H25N7O3/c1-32-19-11-16-17(12-20(19)33-2)28-22(27-16)21-15(13-26-29-21)10-18(31)14-4-8-30(9-5-14)23-24-6-3-7-25-23/h3,6-7,11-14H,4-5,8-10H2,1-2H3,(H,26,29)(H,27,28). The van der Waals surface area contributed by atoms with Gasteiger partial charge in [-0.2, -0.15) is 5.10 Å². The zero-order valence-corrected chi connectivity index (χ0v) is 18.5. The molecule has 0 bridgehead atoms. The fourth-order valence-corrected chi connectivity index (χ4v) is 4.29. The van der Waals surface area contributed by atoms with Gasteiger partial charge in [-0.3, -0.25) is 9.89 Å². The lowest BCUT2D eigenvalue weighted by Gasteiger charge is -2.31. The van der Waals surface area contributed by atoms with Crippen LogP contribution in [0.25, 0.3) is 22.6 Å². The van der Waals surface area contributed by atoms with E-state index in [4.69, 9.17) is 9.47 Å².